The largest absolute Gasteiger partial charge is 0.377 e. The Morgan fingerprint density at radius 3 is 2.87 bits per heavy atom. The molecule has 7 nitrogen and oxygen atoms in total. The number of nitrogens with one attached hydrogen (secondary N) is 2. The highest BCUT2D eigenvalue weighted by molar-refractivity contribution is 5.97. The van der Waals surface area contributed by atoms with Gasteiger partial charge in [0.15, 0.2) is 0 Å². The molecule has 2 N–H and O–H groups in total. The highest BCUT2D eigenvalue weighted by Gasteiger charge is 2.26. The number of hydrazine groups is 1. The van der Waals surface area contributed by atoms with Crippen LogP contribution in [0.2, 0.25) is 0 Å². The summed E-state index contributed by atoms with van der Waals surface area (Å²) >= 11 is 0. The van der Waals surface area contributed by atoms with Crippen molar-refractivity contribution in [1.29, 1.82) is 0 Å². The van der Waals surface area contributed by atoms with Crippen LogP contribution in [0.1, 0.15) is 30.8 Å². The smallest absolute Gasteiger partial charge is 0.220 e. The lowest BCUT2D eigenvalue weighted by Gasteiger charge is -2.34. The fraction of sp³-hybridized carbons (Fsp3) is 0.409. The summed E-state index contributed by atoms with van der Waals surface area (Å²) in [4.78, 5) is 16.0. The second-order valence-electron chi connectivity index (χ2n) is 7.94. The molecule has 2 aliphatic rings. The van der Waals surface area contributed by atoms with Crippen LogP contribution in [0.25, 0.3) is 22.0 Å². The Morgan fingerprint density at radius 1 is 1.20 bits per heavy atom. The molecule has 0 radical (unpaired) electrons. The zero-order valence-corrected chi connectivity index (χ0v) is 17.2. The van der Waals surface area contributed by atoms with E-state index in [1.54, 1.807) is 19.2 Å². The minimum atomic E-state index is -0.470. The van der Waals surface area contributed by atoms with E-state index in [0.717, 1.165) is 47.5 Å². The average molecular weight is 408 g/mol. The minimum absolute atomic E-state index is 0.0624. The summed E-state index contributed by atoms with van der Waals surface area (Å²) < 4.78 is 20.5. The van der Waals surface area contributed by atoms with Crippen LogP contribution in [0.15, 0.2) is 30.5 Å². The van der Waals surface area contributed by atoms with Gasteiger partial charge in [0.2, 0.25) is 5.95 Å². The zero-order valence-electron chi connectivity index (χ0n) is 17.2. The number of fused-ring (bicyclic) bond motifs is 1. The van der Waals surface area contributed by atoms with Crippen LogP contribution in [0.5, 0.6) is 0 Å². The summed E-state index contributed by atoms with van der Waals surface area (Å²) in [7, 11) is 0. The van der Waals surface area contributed by atoms with Crippen LogP contribution in [0.4, 0.5) is 10.2 Å². The average Bonchev–Trinajstić information content (AvgIpc) is 3.28. The Labute approximate surface area is 174 Å². The molecule has 0 aliphatic carbocycles. The number of rotatable bonds is 3. The molecular formula is C22H25FN6O. The molecule has 0 amide bonds. The number of aryl methyl sites for hydroxylation is 1. The maximum Gasteiger partial charge on any atom is 0.220 e. The number of nitrogens with zero attached hydrogens (tertiary/aromatic N) is 4. The van der Waals surface area contributed by atoms with E-state index in [1.807, 2.05) is 18.2 Å². The van der Waals surface area contributed by atoms with Crippen LogP contribution in [0.3, 0.4) is 0 Å². The molecule has 5 rings (SSSR count). The van der Waals surface area contributed by atoms with Crippen LogP contribution in [-0.2, 0) is 4.74 Å². The third-order valence-electron chi connectivity index (χ3n) is 5.85. The van der Waals surface area contributed by atoms with E-state index in [0.29, 0.717) is 24.5 Å². The van der Waals surface area contributed by atoms with Crippen molar-refractivity contribution in [2.24, 2.45) is 0 Å². The van der Waals surface area contributed by atoms with Gasteiger partial charge in [-0.05, 0) is 50.1 Å². The first kappa shape index (κ1) is 19.3. The first-order valence-electron chi connectivity index (χ1n) is 10.4. The number of aromatic nitrogens is 3. The predicted molar refractivity (Wildman–Crippen MR) is 114 cm³/mol. The van der Waals surface area contributed by atoms with Crippen LogP contribution < -0.4 is 15.8 Å². The molecule has 2 saturated heterocycles. The third kappa shape index (κ3) is 3.40. The van der Waals surface area contributed by atoms with E-state index >= 15 is 0 Å². The summed E-state index contributed by atoms with van der Waals surface area (Å²) in [5.41, 5.74) is 10.0. The molecule has 30 heavy (non-hydrogen) atoms. The van der Waals surface area contributed by atoms with Crippen LogP contribution in [-0.4, -0.2) is 47.3 Å². The number of hydrogen-bond acceptors (Lipinski definition) is 7. The van der Waals surface area contributed by atoms with Gasteiger partial charge in [0, 0.05) is 35.9 Å². The van der Waals surface area contributed by atoms with E-state index < -0.39 is 5.95 Å². The van der Waals surface area contributed by atoms with Crippen LogP contribution >= 0.6 is 0 Å². The molecule has 2 fully saturated rings. The van der Waals surface area contributed by atoms with Gasteiger partial charge < -0.3 is 9.64 Å². The molecule has 0 aromatic carbocycles. The highest BCUT2D eigenvalue weighted by atomic mass is 19.1. The van der Waals surface area contributed by atoms with E-state index in [9.17, 15) is 4.39 Å². The van der Waals surface area contributed by atoms with Crippen molar-refractivity contribution in [2.75, 3.05) is 31.2 Å². The van der Waals surface area contributed by atoms with E-state index in [1.165, 1.54) is 0 Å². The summed E-state index contributed by atoms with van der Waals surface area (Å²) in [5, 5.41) is 0.878. The molecule has 0 spiro atoms. The summed E-state index contributed by atoms with van der Waals surface area (Å²) in [6, 6.07) is 7.77. The molecule has 156 valence electrons. The van der Waals surface area contributed by atoms with E-state index in [2.05, 4.69) is 32.6 Å². The number of pyridine rings is 3. The summed E-state index contributed by atoms with van der Waals surface area (Å²) in [6.45, 7) is 6.81. The molecule has 5 heterocycles. The number of anilines is 1. The standard InChI is InChI=1S/C22H25FN6O/c1-13-3-4-16(22(23)26-13)17-11-19(29-9-10-30-12-14(29)2)27-20-15(17)5-7-24-21(20)18-6-8-25-28-18/h3-5,7,11,14,18,25,28H,6,8-10,12H2,1-2H3/t14-,18?/m1/s1. The SMILES string of the molecule is Cc1ccc(-c2cc(N3CCOC[C@H]3C)nc3c(C4CCNN4)nccc23)c(F)n1. The van der Waals surface area contributed by atoms with Gasteiger partial charge in [-0.25, -0.2) is 15.4 Å². The molecule has 8 heteroatoms. The highest BCUT2D eigenvalue weighted by Crippen LogP contribution is 2.36. The lowest BCUT2D eigenvalue weighted by Crippen LogP contribution is -2.44. The maximum atomic E-state index is 14.9. The molecule has 3 aromatic heterocycles. The number of morpholine rings is 1. The number of halogens is 1. The van der Waals surface area contributed by atoms with Crippen LogP contribution in [0, 0.1) is 12.9 Å². The van der Waals surface area contributed by atoms with Crippen molar-refractivity contribution < 1.29 is 9.13 Å². The predicted octanol–water partition coefficient (Wildman–Crippen LogP) is 2.90. The fourth-order valence-corrected chi connectivity index (χ4v) is 4.27. The van der Waals surface area contributed by atoms with Gasteiger partial charge in [0.05, 0.1) is 36.5 Å². The van der Waals surface area contributed by atoms with Crippen molar-refractivity contribution >= 4 is 16.7 Å². The lowest BCUT2D eigenvalue weighted by atomic mass is 9.99. The molecule has 2 aliphatic heterocycles. The monoisotopic (exact) mass is 408 g/mol. The van der Waals surface area contributed by atoms with Gasteiger partial charge in [-0.15, -0.1) is 0 Å². The summed E-state index contributed by atoms with van der Waals surface area (Å²) in [6.07, 6.45) is 2.70. The van der Waals surface area contributed by atoms with Crippen molar-refractivity contribution in [3.63, 3.8) is 0 Å². The van der Waals surface area contributed by atoms with Gasteiger partial charge in [-0.1, -0.05) is 0 Å². The second kappa shape index (κ2) is 7.86. The van der Waals surface area contributed by atoms with E-state index in [-0.39, 0.29) is 12.1 Å². The quantitative estimate of drug-likeness (QED) is 0.646. The Hall–Kier alpha value is -2.68. The Morgan fingerprint density at radius 2 is 2.10 bits per heavy atom. The molecule has 3 aromatic rings. The van der Waals surface area contributed by atoms with E-state index in [4.69, 9.17) is 9.72 Å². The Bertz CT molecular complexity index is 1080. The van der Waals surface area contributed by atoms with Gasteiger partial charge in [0.1, 0.15) is 5.82 Å². The minimum Gasteiger partial charge on any atom is -0.377 e. The molecule has 0 bridgehead atoms. The topological polar surface area (TPSA) is 75.2 Å². The normalized spacial score (nSPS) is 22.0. The second-order valence-corrected chi connectivity index (χ2v) is 7.94. The van der Waals surface area contributed by atoms with Gasteiger partial charge >= 0.3 is 0 Å². The number of ether oxygens (including phenoxy) is 1. The summed E-state index contributed by atoms with van der Waals surface area (Å²) in [5.74, 6) is 0.343. The Kier molecular flexibility index (Phi) is 5.06. The maximum absolute atomic E-state index is 14.9. The lowest BCUT2D eigenvalue weighted by molar-refractivity contribution is 0.0986. The van der Waals surface area contributed by atoms with Crippen molar-refractivity contribution in [3.05, 3.63) is 47.8 Å². The van der Waals surface area contributed by atoms with Crippen molar-refractivity contribution in [2.45, 2.75) is 32.4 Å². The third-order valence-corrected chi connectivity index (χ3v) is 5.85. The fourth-order valence-electron chi connectivity index (χ4n) is 4.27. The van der Waals surface area contributed by atoms with Crippen molar-refractivity contribution in [1.82, 2.24) is 25.8 Å². The van der Waals surface area contributed by atoms with Crippen molar-refractivity contribution in [3.8, 4) is 11.1 Å². The molecular weight excluding hydrogens is 383 g/mol. The molecule has 1 unspecified atom stereocenters. The van der Waals surface area contributed by atoms with Gasteiger partial charge in [-0.2, -0.15) is 4.39 Å². The number of hydrogen-bond donors (Lipinski definition) is 2. The molecule has 0 saturated carbocycles. The van der Waals surface area contributed by atoms with Gasteiger partial charge in [0.25, 0.3) is 0 Å². The first-order valence-corrected chi connectivity index (χ1v) is 10.4. The molecule has 2 atom stereocenters. The first-order chi connectivity index (χ1) is 14.6. The zero-order chi connectivity index (χ0) is 20.7. The van der Waals surface area contributed by atoms with Gasteiger partial charge in [-0.3, -0.25) is 10.4 Å². The Balaban J connectivity index is 1.75.